The highest BCUT2D eigenvalue weighted by Crippen LogP contribution is 2.09. The molecule has 0 radical (unpaired) electrons. The number of carboxylic acid groups (broad SMARTS) is 1. The number of amides is 2. The Morgan fingerprint density at radius 1 is 1.21 bits per heavy atom. The van der Waals surface area contributed by atoms with Crippen molar-refractivity contribution in [3.63, 3.8) is 0 Å². The fourth-order valence-corrected chi connectivity index (χ4v) is 2.57. The summed E-state index contributed by atoms with van der Waals surface area (Å²) in [4.78, 5) is 22.4. The van der Waals surface area contributed by atoms with Gasteiger partial charge in [0.15, 0.2) is 0 Å². The van der Waals surface area contributed by atoms with Gasteiger partial charge in [0.25, 0.3) is 0 Å². The van der Waals surface area contributed by atoms with Gasteiger partial charge in [0.05, 0.1) is 11.7 Å². The molecule has 2 amide bonds. The fourth-order valence-electron chi connectivity index (χ4n) is 1.58. The summed E-state index contributed by atoms with van der Waals surface area (Å²) in [6.07, 6.45) is 1.09. The summed E-state index contributed by atoms with van der Waals surface area (Å²) in [5, 5.41) is 13.8. The van der Waals surface area contributed by atoms with Gasteiger partial charge in [-0.25, -0.2) is 13.2 Å². The Bertz CT molecular complexity index is 419. The average Bonchev–Trinajstić information content (AvgIpc) is 2.12. The van der Waals surface area contributed by atoms with Crippen LogP contribution < -0.4 is 10.6 Å². The number of carbonyl (C=O) groups is 2. The summed E-state index contributed by atoms with van der Waals surface area (Å²) in [5.41, 5.74) is 0. The fraction of sp³-hybridized carbons (Fsp3) is 0.818. The lowest BCUT2D eigenvalue weighted by Gasteiger charge is -2.18. The van der Waals surface area contributed by atoms with Crippen LogP contribution in [0.3, 0.4) is 0 Å². The van der Waals surface area contributed by atoms with Gasteiger partial charge in [-0.15, -0.1) is 0 Å². The number of hydrogen-bond acceptors (Lipinski definition) is 4. The highest BCUT2D eigenvalue weighted by atomic mass is 32.2. The average molecular weight is 294 g/mol. The second-order valence-corrected chi connectivity index (χ2v) is 7.22. The first-order valence-corrected chi connectivity index (χ1v) is 8.04. The van der Waals surface area contributed by atoms with Gasteiger partial charge in [0.2, 0.25) is 0 Å². The molecule has 112 valence electrons. The Morgan fingerprint density at radius 2 is 1.74 bits per heavy atom. The third kappa shape index (κ3) is 8.41. The lowest BCUT2D eigenvalue weighted by atomic mass is 9.96. The van der Waals surface area contributed by atoms with E-state index in [-0.39, 0.29) is 18.2 Å². The van der Waals surface area contributed by atoms with E-state index in [9.17, 15) is 18.0 Å². The molecule has 3 N–H and O–H groups in total. The van der Waals surface area contributed by atoms with E-state index in [2.05, 4.69) is 10.6 Å². The Balaban J connectivity index is 4.22. The van der Waals surface area contributed by atoms with Crippen LogP contribution in [-0.2, 0) is 14.6 Å². The maximum Gasteiger partial charge on any atom is 0.315 e. The van der Waals surface area contributed by atoms with E-state index in [0.717, 1.165) is 6.26 Å². The number of nitrogens with one attached hydrogen (secondary N) is 2. The van der Waals surface area contributed by atoms with Crippen LogP contribution in [0.15, 0.2) is 0 Å². The van der Waals surface area contributed by atoms with Crippen LogP contribution in [0.2, 0.25) is 0 Å². The number of hydrogen-bond donors (Lipinski definition) is 3. The molecule has 0 rings (SSSR count). The number of carbonyl (C=O) groups excluding carboxylic acids is 1. The summed E-state index contributed by atoms with van der Waals surface area (Å²) >= 11 is 0. The quantitative estimate of drug-likeness (QED) is 0.615. The normalized spacial score (nSPS) is 14.8. The van der Waals surface area contributed by atoms with Crippen molar-refractivity contribution >= 4 is 21.8 Å². The van der Waals surface area contributed by atoms with Crippen LogP contribution in [0.4, 0.5) is 4.79 Å². The molecule has 7 nitrogen and oxygen atoms in total. The Kier molecular flexibility index (Phi) is 6.82. The molecule has 0 aliphatic heterocycles. The van der Waals surface area contributed by atoms with Gasteiger partial charge in [0, 0.05) is 18.8 Å². The number of sulfone groups is 1. The van der Waals surface area contributed by atoms with Gasteiger partial charge in [-0.2, -0.15) is 0 Å². The van der Waals surface area contributed by atoms with E-state index in [1.165, 1.54) is 0 Å². The molecular weight excluding hydrogens is 272 g/mol. The molecule has 2 unspecified atom stereocenters. The Hall–Kier alpha value is -1.31. The highest BCUT2D eigenvalue weighted by molar-refractivity contribution is 7.90. The second kappa shape index (κ2) is 7.32. The van der Waals surface area contributed by atoms with Crippen LogP contribution in [0.25, 0.3) is 0 Å². The van der Waals surface area contributed by atoms with Gasteiger partial charge in [-0.3, -0.25) is 4.79 Å². The van der Waals surface area contributed by atoms with Crippen molar-refractivity contribution < 1.29 is 23.1 Å². The van der Waals surface area contributed by atoms with E-state index < -0.39 is 33.8 Å². The largest absolute Gasteiger partial charge is 0.481 e. The SMILES string of the molecule is CC(CS(C)(=O)=O)NC(=O)NCC(C(=O)O)C(C)C. The van der Waals surface area contributed by atoms with Gasteiger partial charge in [-0.05, 0) is 12.8 Å². The summed E-state index contributed by atoms with van der Waals surface area (Å²) in [6, 6.07) is -1.10. The molecule has 0 aromatic rings. The predicted octanol–water partition coefficient (Wildman–Crippen LogP) is 0.0755. The first-order valence-electron chi connectivity index (χ1n) is 5.97. The zero-order valence-corrected chi connectivity index (χ0v) is 12.5. The smallest absolute Gasteiger partial charge is 0.315 e. The summed E-state index contributed by atoms with van der Waals surface area (Å²) < 4.78 is 22.0. The minimum Gasteiger partial charge on any atom is -0.481 e. The van der Waals surface area contributed by atoms with Crippen LogP contribution in [-0.4, -0.2) is 50.1 Å². The molecule has 0 fully saturated rings. The molecule has 8 heteroatoms. The van der Waals surface area contributed by atoms with Crippen molar-refractivity contribution in [2.75, 3.05) is 18.6 Å². The van der Waals surface area contributed by atoms with Crippen molar-refractivity contribution in [2.45, 2.75) is 26.8 Å². The van der Waals surface area contributed by atoms with Crippen LogP contribution >= 0.6 is 0 Å². The zero-order chi connectivity index (χ0) is 15.2. The van der Waals surface area contributed by atoms with Crippen molar-refractivity contribution in [2.24, 2.45) is 11.8 Å². The van der Waals surface area contributed by atoms with E-state index in [4.69, 9.17) is 5.11 Å². The number of rotatable bonds is 7. The third-order valence-electron chi connectivity index (χ3n) is 2.53. The van der Waals surface area contributed by atoms with Gasteiger partial charge in [0.1, 0.15) is 9.84 Å². The number of aliphatic carboxylic acids is 1. The molecule has 0 bridgehead atoms. The lowest BCUT2D eigenvalue weighted by molar-refractivity contribution is -0.142. The molecule has 0 saturated carbocycles. The third-order valence-corrected chi connectivity index (χ3v) is 3.64. The standard InChI is InChI=1S/C11H22N2O5S/c1-7(2)9(10(14)15)5-12-11(16)13-8(3)6-19(4,17)18/h7-9H,5-6H2,1-4H3,(H,14,15)(H2,12,13,16). The topological polar surface area (TPSA) is 113 Å². The van der Waals surface area contributed by atoms with Crippen molar-refractivity contribution in [3.8, 4) is 0 Å². The van der Waals surface area contributed by atoms with Crippen LogP contribution in [0.5, 0.6) is 0 Å². The van der Waals surface area contributed by atoms with Gasteiger partial charge >= 0.3 is 12.0 Å². The minimum absolute atomic E-state index is 0.00439. The molecule has 0 aromatic heterocycles. The van der Waals surface area contributed by atoms with E-state index in [0.29, 0.717) is 0 Å². The van der Waals surface area contributed by atoms with Gasteiger partial charge < -0.3 is 15.7 Å². The number of urea groups is 1. The van der Waals surface area contributed by atoms with Crippen LogP contribution in [0.1, 0.15) is 20.8 Å². The van der Waals surface area contributed by atoms with E-state index in [1.807, 2.05) is 0 Å². The van der Waals surface area contributed by atoms with Crippen molar-refractivity contribution in [1.29, 1.82) is 0 Å². The molecular formula is C11H22N2O5S. The van der Waals surface area contributed by atoms with E-state index in [1.54, 1.807) is 20.8 Å². The molecule has 0 heterocycles. The number of carboxylic acids is 1. The summed E-state index contributed by atoms with van der Waals surface area (Å²) in [5.74, 6) is -1.91. The first-order chi connectivity index (χ1) is 8.53. The molecule has 0 saturated heterocycles. The predicted molar refractivity (Wildman–Crippen MR) is 71.7 cm³/mol. The maximum atomic E-state index is 11.5. The van der Waals surface area contributed by atoms with Crippen molar-refractivity contribution in [1.82, 2.24) is 10.6 Å². The van der Waals surface area contributed by atoms with Gasteiger partial charge in [-0.1, -0.05) is 13.8 Å². The summed E-state index contributed by atoms with van der Waals surface area (Å²) in [7, 11) is -3.16. The highest BCUT2D eigenvalue weighted by Gasteiger charge is 2.22. The second-order valence-electron chi connectivity index (χ2n) is 5.04. The van der Waals surface area contributed by atoms with E-state index >= 15 is 0 Å². The molecule has 0 aromatic carbocycles. The summed E-state index contributed by atoms with van der Waals surface area (Å²) in [6.45, 7) is 5.08. The maximum absolute atomic E-state index is 11.5. The molecule has 0 spiro atoms. The molecule has 0 aliphatic rings. The Labute approximate surface area is 113 Å². The zero-order valence-electron chi connectivity index (χ0n) is 11.6. The monoisotopic (exact) mass is 294 g/mol. The lowest BCUT2D eigenvalue weighted by Crippen LogP contribution is -2.46. The first kappa shape index (κ1) is 17.7. The Morgan fingerprint density at radius 3 is 2.11 bits per heavy atom. The van der Waals surface area contributed by atoms with Crippen molar-refractivity contribution in [3.05, 3.63) is 0 Å². The van der Waals surface area contributed by atoms with Crippen LogP contribution in [0, 0.1) is 11.8 Å². The molecule has 2 atom stereocenters. The minimum atomic E-state index is -3.16. The molecule has 0 aliphatic carbocycles. The molecule has 19 heavy (non-hydrogen) atoms.